The molecule has 2 saturated heterocycles. The summed E-state index contributed by atoms with van der Waals surface area (Å²) in [5, 5.41) is 173. The Kier molecular flexibility index (Phi) is 28.7. The van der Waals surface area contributed by atoms with E-state index in [1.54, 1.807) is 0 Å². The summed E-state index contributed by atoms with van der Waals surface area (Å²) < 4.78 is 82.5. The highest BCUT2D eigenvalue weighted by atomic mass is 32.2. The molecule has 9 aliphatic rings. The monoisotopic (exact) mass is 1500 g/mol. The van der Waals surface area contributed by atoms with Crippen LogP contribution in [-0.2, 0) is 63.0 Å². The van der Waals surface area contributed by atoms with Gasteiger partial charge in [0.25, 0.3) is 20.2 Å². The summed E-state index contributed by atoms with van der Waals surface area (Å²) in [4.78, 5) is 61.3. The van der Waals surface area contributed by atoms with Crippen molar-refractivity contribution in [1.29, 1.82) is 0 Å². The fraction of sp³-hybridized carbons (Fsp3) is 0.906. The Balaban J connectivity index is 0.884. The highest BCUT2D eigenvalue weighted by molar-refractivity contribution is 7.95. The number of hydrogen-bond donors (Lipinski definition) is 25. The van der Waals surface area contributed by atoms with Gasteiger partial charge in [0, 0.05) is 73.2 Å². The molecule has 0 bridgehead atoms. The van der Waals surface area contributed by atoms with Crippen LogP contribution in [0.3, 0.4) is 0 Å². The molecule has 9 rings (SSSR count). The lowest BCUT2D eigenvalue weighted by Crippen LogP contribution is -2.80. The number of aliphatic carboxylic acids is 5. The van der Waals surface area contributed by atoms with Crippen LogP contribution in [0.2, 0.25) is 0 Å². The van der Waals surface area contributed by atoms with Crippen molar-refractivity contribution >= 4 is 74.2 Å². The third-order valence-electron chi connectivity index (χ3n) is 21.0. The molecule has 7 aliphatic carbocycles. The second-order valence-electron chi connectivity index (χ2n) is 26.9. The van der Waals surface area contributed by atoms with Gasteiger partial charge in [-0.05, 0) is 108 Å². The third kappa shape index (κ3) is 20.6. The molecule has 7 saturated carbocycles. The van der Waals surface area contributed by atoms with E-state index in [-0.39, 0.29) is 116 Å². The highest BCUT2D eigenvalue weighted by Gasteiger charge is 2.56. The first kappa shape index (κ1) is 79.3. The van der Waals surface area contributed by atoms with Gasteiger partial charge in [-0.25, -0.2) is 10.5 Å². The van der Waals surface area contributed by atoms with E-state index in [0.717, 1.165) is 0 Å². The van der Waals surface area contributed by atoms with Crippen LogP contribution in [0, 0.1) is 53.3 Å². The minimum Gasteiger partial charge on any atom is -0.481 e. The molecule has 29 atom stereocenters. The van der Waals surface area contributed by atoms with E-state index in [9.17, 15) is 95.9 Å². The first-order chi connectivity index (χ1) is 47.1. The van der Waals surface area contributed by atoms with Gasteiger partial charge in [0.15, 0.2) is 0 Å². The van der Waals surface area contributed by atoms with Crippen LogP contribution in [0.5, 0.6) is 0 Å². The minimum atomic E-state index is -4.71. The van der Waals surface area contributed by atoms with E-state index in [0.29, 0.717) is 30.5 Å². The number of aliphatic hydroxyl groups is 4. The van der Waals surface area contributed by atoms with E-state index in [1.807, 2.05) is 0 Å². The predicted molar refractivity (Wildman–Crippen MR) is 338 cm³/mol. The second kappa shape index (κ2) is 35.8. The number of nitrogens with one attached hydrogen (secondary N) is 12. The zero-order valence-corrected chi connectivity index (χ0v) is 56.5. The summed E-state index contributed by atoms with van der Waals surface area (Å²) in [5.41, 5.74) is 0. The molecule has 2 heterocycles. The first-order valence-electron chi connectivity index (χ1n) is 32.9. The molecule has 0 amide bonds. The van der Waals surface area contributed by atoms with Crippen LogP contribution in [0.25, 0.3) is 0 Å². The fourth-order valence-corrected chi connectivity index (χ4v) is 19.9. The second-order valence-corrected chi connectivity index (χ2v) is 32.2. The van der Waals surface area contributed by atoms with Crippen LogP contribution >= 0.6 is 24.1 Å². The van der Waals surface area contributed by atoms with Crippen molar-refractivity contribution in [2.45, 2.75) is 216 Å². The Hall–Kier alpha value is -3.81. The third-order valence-corrected chi connectivity index (χ3v) is 25.2. The molecule has 0 aromatic carbocycles. The predicted octanol–water partition coefficient (Wildman–Crippen LogP) is -4.35. The maximum absolute atomic E-state index is 13.3. The van der Waals surface area contributed by atoms with Crippen LogP contribution in [0.4, 0.5) is 0 Å². The maximum atomic E-state index is 13.3. The molecule has 2 aliphatic heterocycles. The van der Waals surface area contributed by atoms with E-state index in [2.05, 4.69) is 94.3 Å². The SMILES string of the molecule is O=C(O)C1CC(NC2NC(NCCO)NC(NC3CC(S(=O)(=O)O)CC4CC(SOOO)C(N=NC5CCC(C(=O)O)C(C(=O)O)C5)C(O)C43)N2)CCC1NC1NC(NCCO)NC(NC2CC(S(=O)(=O)O)CC3CC(SOOO)C(N=NC4CCC(C(=O)O)C(C(=O)O)C4)C(O)C32)N1. The number of nitrogens with zero attached hydrogens (tertiary/aromatic N) is 4. The zero-order valence-electron chi connectivity index (χ0n) is 53.2. The fourth-order valence-electron chi connectivity index (χ4n) is 16.5. The topological polar surface area (TPSA) is 647 Å². The number of carboxylic acids is 5. The lowest BCUT2D eigenvalue weighted by molar-refractivity contribution is -0.432. The summed E-state index contributed by atoms with van der Waals surface area (Å²) >= 11 is 1.15. The minimum absolute atomic E-state index is 0.00365. The van der Waals surface area contributed by atoms with Gasteiger partial charge < -0.3 is 46.0 Å². The van der Waals surface area contributed by atoms with Crippen LogP contribution in [-0.4, -0.2) is 258 Å². The summed E-state index contributed by atoms with van der Waals surface area (Å²) in [5.74, 6) is -15.2. The Labute approximate surface area is 576 Å². The number of carboxylic acid groups (broad SMARTS) is 5. The van der Waals surface area contributed by atoms with Crippen LogP contribution in [0.15, 0.2) is 20.5 Å². The number of carbonyl (C=O) groups is 5. The van der Waals surface area contributed by atoms with E-state index in [4.69, 9.17) is 19.2 Å². The van der Waals surface area contributed by atoms with Gasteiger partial charge in [-0.1, -0.05) is 10.1 Å². The lowest BCUT2D eigenvalue weighted by atomic mass is 9.65. The van der Waals surface area contributed by atoms with Crippen molar-refractivity contribution in [3.8, 4) is 0 Å². The van der Waals surface area contributed by atoms with Crippen molar-refractivity contribution in [3.05, 3.63) is 0 Å². The molecule has 29 unspecified atom stereocenters. The Morgan fingerprint density at radius 3 is 1.17 bits per heavy atom. The molecular formula is C53H92N16O26S4. The molecular weight excluding hydrogens is 1400 g/mol. The van der Waals surface area contributed by atoms with Crippen LogP contribution < -0.4 is 63.8 Å². The van der Waals surface area contributed by atoms with Gasteiger partial charge >= 0.3 is 29.8 Å². The van der Waals surface area contributed by atoms with Crippen molar-refractivity contribution in [1.82, 2.24) is 63.8 Å². The molecule has 46 heteroatoms. The zero-order chi connectivity index (χ0) is 71.6. The highest BCUT2D eigenvalue weighted by Crippen LogP contribution is 2.49. The molecule has 42 nitrogen and oxygen atoms in total. The first-order valence-corrected chi connectivity index (χ1v) is 37.5. The normalized spacial score (nSPS) is 41.7. The summed E-state index contributed by atoms with van der Waals surface area (Å²) in [6, 6.07) is -6.91. The average molecular weight is 1500 g/mol. The van der Waals surface area contributed by atoms with Crippen LogP contribution in [0.1, 0.15) is 96.3 Å². The molecule has 9 fully saturated rings. The average Bonchev–Trinajstić information content (AvgIpc) is 0.761. The molecule has 25 N–H and O–H groups in total. The van der Waals surface area contributed by atoms with Gasteiger partial charge in [0.2, 0.25) is 0 Å². The summed E-state index contributed by atoms with van der Waals surface area (Å²) in [7, 11) is -9.41. The van der Waals surface area contributed by atoms with E-state index < -0.39 is 223 Å². The van der Waals surface area contributed by atoms with Gasteiger partial charge in [0.1, 0.15) is 49.8 Å². The Bertz CT molecular complexity index is 3030. The largest absolute Gasteiger partial charge is 0.481 e. The van der Waals surface area contributed by atoms with Gasteiger partial charge in [-0.3, -0.25) is 96.9 Å². The Morgan fingerprint density at radius 1 is 0.434 bits per heavy atom. The lowest BCUT2D eigenvalue weighted by Gasteiger charge is -2.51. The van der Waals surface area contributed by atoms with Crippen molar-refractivity contribution < 1.29 is 125 Å². The van der Waals surface area contributed by atoms with Crippen molar-refractivity contribution in [3.63, 3.8) is 0 Å². The molecule has 0 aromatic heterocycles. The van der Waals surface area contributed by atoms with Crippen molar-refractivity contribution in [2.75, 3.05) is 26.3 Å². The van der Waals surface area contributed by atoms with E-state index >= 15 is 0 Å². The molecule has 0 radical (unpaired) electrons. The number of rotatable bonds is 31. The number of hydrogen-bond acceptors (Lipinski definition) is 37. The molecule has 0 aromatic rings. The standard InChI is InChI=1S/C53H92N16O26S4/c70-9-7-54-48-60-50(64-52(62-48)58-33-18-25(98(86,87)88)11-20-13-35(96-94-92-84)39(41(72)37(20)33)68-66-23-1-4-27(43(74)75)29(16-23)45(78)79)56-22-3-6-32(31(15-22)47(82)83)57-51-61-49(55-8-10-71)63-53(65-51)59-34-19-26(99(89,90)91)12-21-14-36(97-95-93-85)40(42(73)38(21)34)69-67-24-2-5-28(44(76)77)30(17-24)46(80)81/h20-42,48-65,70-73,84-85H,1-19H2,(H,74,75)(H,76,77)(H,78,79)(H,80,81)(H,82,83)(H,86,87,88)(H,89,90,91). The number of fused-ring (bicyclic) bond motifs is 2. The smallest absolute Gasteiger partial charge is 0.308 e. The van der Waals surface area contributed by atoms with Gasteiger partial charge in [-0.15, -0.1) is 8.67 Å². The molecule has 0 spiro atoms. The summed E-state index contributed by atoms with van der Waals surface area (Å²) in [6.45, 7) is -0.478. The quantitative estimate of drug-likeness (QED) is 0.0103. The van der Waals surface area contributed by atoms with Gasteiger partial charge in [0.05, 0.1) is 88.1 Å². The van der Waals surface area contributed by atoms with Gasteiger partial charge in [-0.2, -0.15) is 37.3 Å². The molecule has 99 heavy (non-hydrogen) atoms. The number of aliphatic hydroxyl groups excluding tert-OH is 4. The number of azo groups is 2. The summed E-state index contributed by atoms with van der Waals surface area (Å²) in [6.07, 6.45) is -8.16. The maximum Gasteiger partial charge on any atom is 0.308 e. The Morgan fingerprint density at radius 2 is 0.808 bits per heavy atom. The molecule has 564 valence electrons. The van der Waals surface area contributed by atoms with E-state index in [1.165, 1.54) is 0 Å². The van der Waals surface area contributed by atoms with Crippen molar-refractivity contribution in [2.24, 2.45) is 73.7 Å².